The van der Waals surface area contributed by atoms with Crippen LogP contribution in [0.3, 0.4) is 0 Å². The van der Waals surface area contributed by atoms with Crippen LogP contribution in [-0.4, -0.2) is 29.9 Å². The zero-order valence-electron chi connectivity index (χ0n) is 8.93. The summed E-state index contributed by atoms with van der Waals surface area (Å²) in [6.07, 6.45) is 4.10. The molecule has 0 aliphatic carbocycles. The van der Waals surface area contributed by atoms with Crippen molar-refractivity contribution >= 4 is 15.9 Å². The topological polar surface area (TPSA) is 3.24 Å². The van der Waals surface area contributed by atoms with Crippen molar-refractivity contribution in [3.63, 3.8) is 0 Å². The number of hydrogen-bond acceptors (Lipinski definition) is 1. The lowest BCUT2D eigenvalue weighted by molar-refractivity contribution is 0.171. The highest BCUT2D eigenvalue weighted by molar-refractivity contribution is 9.09. The summed E-state index contributed by atoms with van der Waals surface area (Å²) in [5, 5.41) is 1.20. The van der Waals surface area contributed by atoms with Crippen LogP contribution in [0.1, 0.15) is 33.1 Å². The Bertz CT molecular complexity index is 130. The summed E-state index contributed by atoms with van der Waals surface area (Å²) in [6, 6.07) is 0. The monoisotopic (exact) mass is 247 g/mol. The number of likely N-dealkylation sites (tertiary alicyclic amines) is 1. The summed E-state index contributed by atoms with van der Waals surface area (Å²) >= 11 is 3.58. The molecule has 1 rings (SSSR count). The molecule has 0 amide bonds. The van der Waals surface area contributed by atoms with Crippen molar-refractivity contribution in [2.45, 2.75) is 33.1 Å². The first-order chi connectivity index (χ1) is 6.26. The highest BCUT2D eigenvalue weighted by atomic mass is 79.9. The third kappa shape index (κ3) is 3.99. The molecule has 1 unspecified atom stereocenters. The van der Waals surface area contributed by atoms with Crippen molar-refractivity contribution in [2.75, 3.05) is 25.0 Å². The fourth-order valence-electron chi connectivity index (χ4n) is 1.89. The Balaban J connectivity index is 2.17. The van der Waals surface area contributed by atoms with Gasteiger partial charge >= 0.3 is 0 Å². The lowest BCUT2D eigenvalue weighted by Gasteiger charge is -2.32. The normalized spacial score (nSPS) is 23.3. The molecule has 0 aromatic rings. The first-order valence-electron chi connectivity index (χ1n) is 5.54. The van der Waals surface area contributed by atoms with Crippen molar-refractivity contribution in [1.82, 2.24) is 4.90 Å². The van der Waals surface area contributed by atoms with Gasteiger partial charge in [-0.05, 0) is 37.8 Å². The number of hydrogen-bond donors (Lipinski definition) is 0. The van der Waals surface area contributed by atoms with Gasteiger partial charge in [-0.1, -0.05) is 36.2 Å². The van der Waals surface area contributed by atoms with Gasteiger partial charge in [0.1, 0.15) is 0 Å². The highest BCUT2D eigenvalue weighted by Gasteiger charge is 2.18. The molecule has 1 atom stereocenters. The molecule has 1 saturated heterocycles. The molecular formula is C11H22BrN. The van der Waals surface area contributed by atoms with Crippen LogP contribution in [0.5, 0.6) is 0 Å². The van der Waals surface area contributed by atoms with Gasteiger partial charge in [-0.2, -0.15) is 0 Å². The molecule has 13 heavy (non-hydrogen) atoms. The average molecular weight is 248 g/mol. The van der Waals surface area contributed by atoms with E-state index in [0.717, 1.165) is 11.8 Å². The second-order valence-corrected chi connectivity index (χ2v) is 5.06. The van der Waals surface area contributed by atoms with E-state index >= 15 is 0 Å². The zero-order chi connectivity index (χ0) is 9.68. The van der Waals surface area contributed by atoms with Crippen LogP contribution in [0.25, 0.3) is 0 Å². The van der Waals surface area contributed by atoms with Crippen molar-refractivity contribution in [2.24, 2.45) is 11.8 Å². The van der Waals surface area contributed by atoms with Gasteiger partial charge in [0.05, 0.1) is 0 Å². The molecule has 2 heteroatoms. The minimum Gasteiger partial charge on any atom is -0.303 e. The van der Waals surface area contributed by atoms with E-state index in [2.05, 4.69) is 34.7 Å². The maximum atomic E-state index is 3.58. The first kappa shape index (κ1) is 11.5. The maximum Gasteiger partial charge on any atom is 0.00606 e. The molecule has 0 spiro atoms. The fourth-order valence-corrected chi connectivity index (χ4v) is 2.54. The second-order valence-electron chi connectivity index (χ2n) is 4.41. The molecule has 0 saturated carbocycles. The lowest BCUT2D eigenvalue weighted by atomic mass is 9.98. The van der Waals surface area contributed by atoms with Crippen LogP contribution in [0, 0.1) is 11.8 Å². The minimum atomic E-state index is 0.875. The number of nitrogens with zero attached hydrogens (tertiary/aromatic N) is 1. The predicted octanol–water partition coefficient (Wildman–Crippen LogP) is 3.14. The quantitative estimate of drug-likeness (QED) is 0.691. The van der Waals surface area contributed by atoms with Gasteiger partial charge in [-0.25, -0.2) is 0 Å². The molecule has 1 aliphatic heterocycles. The van der Waals surface area contributed by atoms with Crippen molar-refractivity contribution < 1.29 is 0 Å². The van der Waals surface area contributed by atoms with E-state index in [-0.39, 0.29) is 0 Å². The third-order valence-electron chi connectivity index (χ3n) is 3.19. The van der Waals surface area contributed by atoms with E-state index in [1.807, 2.05) is 0 Å². The Morgan fingerprint density at radius 3 is 2.46 bits per heavy atom. The maximum absolute atomic E-state index is 3.58. The van der Waals surface area contributed by atoms with Crippen LogP contribution in [0.4, 0.5) is 0 Å². The second kappa shape index (κ2) is 6.02. The molecule has 0 radical (unpaired) electrons. The van der Waals surface area contributed by atoms with E-state index in [1.54, 1.807) is 0 Å². The molecule has 0 aromatic heterocycles. The van der Waals surface area contributed by atoms with Crippen molar-refractivity contribution in [3.8, 4) is 0 Å². The van der Waals surface area contributed by atoms with Crippen LogP contribution >= 0.6 is 15.9 Å². The van der Waals surface area contributed by atoms with Gasteiger partial charge in [-0.3, -0.25) is 0 Å². The van der Waals surface area contributed by atoms with E-state index < -0.39 is 0 Å². The molecule has 0 aromatic carbocycles. The summed E-state index contributed by atoms with van der Waals surface area (Å²) in [7, 11) is 0. The van der Waals surface area contributed by atoms with E-state index in [9.17, 15) is 0 Å². The van der Waals surface area contributed by atoms with Crippen molar-refractivity contribution in [3.05, 3.63) is 0 Å². The predicted molar refractivity (Wildman–Crippen MR) is 62.4 cm³/mol. The van der Waals surface area contributed by atoms with Crippen molar-refractivity contribution in [1.29, 1.82) is 0 Å². The molecule has 78 valence electrons. The molecule has 1 fully saturated rings. The Kier molecular flexibility index (Phi) is 5.34. The van der Waals surface area contributed by atoms with Gasteiger partial charge in [0.2, 0.25) is 0 Å². The van der Waals surface area contributed by atoms with Crippen LogP contribution in [0.15, 0.2) is 0 Å². The first-order valence-corrected chi connectivity index (χ1v) is 6.66. The standard InChI is InChI=1S/C11H22BrN/c1-3-10(2)9-13-6-4-11(8-12)5-7-13/h10-11H,3-9H2,1-2H3. The number of alkyl halides is 1. The largest absolute Gasteiger partial charge is 0.303 e. The lowest BCUT2D eigenvalue weighted by Crippen LogP contribution is -2.36. The SMILES string of the molecule is CCC(C)CN1CCC(CBr)CC1. The molecule has 1 aliphatic rings. The summed E-state index contributed by atoms with van der Waals surface area (Å²) in [5.74, 6) is 1.81. The molecular weight excluding hydrogens is 226 g/mol. The van der Waals surface area contributed by atoms with Gasteiger partial charge in [-0.15, -0.1) is 0 Å². The summed E-state index contributed by atoms with van der Waals surface area (Å²) in [6.45, 7) is 8.60. The molecule has 1 heterocycles. The fraction of sp³-hybridized carbons (Fsp3) is 1.00. The summed E-state index contributed by atoms with van der Waals surface area (Å²) in [4.78, 5) is 2.63. The van der Waals surface area contributed by atoms with E-state index in [0.29, 0.717) is 0 Å². The van der Waals surface area contributed by atoms with E-state index in [4.69, 9.17) is 0 Å². The number of piperidine rings is 1. The number of halogens is 1. The van der Waals surface area contributed by atoms with Gasteiger partial charge in [0.15, 0.2) is 0 Å². The minimum absolute atomic E-state index is 0.875. The van der Waals surface area contributed by atoms with Gasteiger partial charge in [0, 0.05) is 11.9 Å². The Morgan fingerprint density at radius 2 is 2.00 bits per heavy atom. The highest BCUT2D eigenvalue weighted by Crippen LogP contribution is 2.20. The number of rotatable bonds is 4. The zero-order valence-corrected chi connectivity index (χ0v) is 10.5. The van der Waals surface area contributed by atoms with Gasteiger partial charge in [0.25, 0.3) is 0 Å². The van der Waals surface area contributed by atoms with Gasteiger partial charge < -0.3 is 4.90 Å². The summed E-state index contributed by atoms with van der Waals surface area (Å²) in [5.41, 5.74) is 0. The Morgan fingerprint density at radius 1 is 1.38 bits per heavy atom. The Labute approximate surface area is 91.0 Å². The Hall–Kier alpha value is 0.440. The smallest absolute Gasteiger partial charge is 0.00606 e. The van der Waals surface area contributed by atoms with Crippen LogP contribution in [-0.2, 0) is 0 Å². The molecule has 0 N–H and O–H groups in total. The molecule has 1 nitrogen and oxygen atoms in total. The van der Waals surface area contributed by atoms with E-state index in [1.165, 1.54) is 44.2 Å². The summed E-state index contributed by atoms with van der Waals surface area (Å²) < 4.78 is 0. The average Bonchev–Trinajstić information content (AvgIpc) is 2.19. The third-order valence-corrected chi connectivity index (χ3v) is 4.11. The van der Waals surface area contributed by atoms with Crippen LogP contribution < -0.4 is 0 Å². The van der Waals surface area contributed by atoms with Crippen LogP contribution in [0.2, 0.25) is 0 Å². The molecule has 0 bridgehead atoms.